The molecule has 0 aromatic carbocycles. The fourth-order valence-electron chi connectivity index (χ4n) is 4.86. The van der Waals surface area contributed by atoms with Gasteiger partial charge < -0.3 is 14.5 Å². The van der Waals surface area contributed by atoms with Gasteiger partial charge >= 0.3 is 0 Å². The Kier molecular flexibility index (Phi) is 7.27. The van der Waals surface area contributed by atoms with Crippen LogP contribution in [0.1, 0.15) is 44.1 Å². The molecule has 172 valence electrons. The lowest BCUT2D eigenvalue weighted by atomic mass is 10.0. The van der Waals surface area contributed by atoms with Crippen molar-refractivity contribution >= 4 is 11.8 Å². The number of nitrogens with zero attached hydrogens (tertiary/aromatic N) is 5. The fraction of sp³-hybridized carbons (Fsp3) is 0.783. The van der Waals surface area contributed by atoms with Gasteiger partial charge in [-0.15, -0.1) is 0 Å². The van der Waals surface area contributed by atoms with Crippen LogP contribution in [-0.2, 0) is 20.9 Å². The lowest BCUT2D eigenvalue weighted by Crippen LogP contribution is -2.50. The quantitative estimate of drug-likeness (QED) is 0.593. The summed E-state index contributed by atoms with van der Waals surface area (Å²) in [7, 11) is 1.90. The molecule has 1 aromatic rings. The molecule has 0 radical (unpaired) electrons. The third-order valence-electron chi connectivity index (χ3n) is 6.97. The molecule has 31 heavy (non-hydrogen) atoms. The molecule has 2 saturated heterocycles. The van der Waals surface area contributed by atoms with Gasteiger partial charge in [-0.1, -0.05) is 0 Å². The minimum atomic E-state index is 0.150. The molecule has 1 saturated carbocycles. The lowest BCUT2D eigenvalue weighted by molar-refractivity contribution is -0.131. The molecule has 0 spiro atoms. The Labute approximate surface area is 185 Å². The van der Waals surface area contributed by atoms with Crippen molar-refractivity contribution in [3.05, 3.63) is 18.0 Å². The van der Waals surface area contributed by atoms with E-state index in [-0.39, 0.29) is 11.8 Å². The number of aryl methyl sites for hydroxylation is 2. The molecule has 8 nitrogen and oxygen atoms in total. The molecule has 1 atom stereocenters. The molecule has 0 N–H and O–H groups in total. The van der Waals surface area contributed by atoms with E-state index in [1.165, 1.54) is 0 Å². The molecule has 3 heterocycles. The number of likely N-dealkylation sites (N-methyl/N-ethyl adjacent to an activating group) is 1. The maximum absolute atomic E-state index is 12.6. The van der Waals surface area contributed by atoms with Gasteiger partial charge in [-0.2, -0.15) is 5.10 Å². The topological polar surface area (TPSA) is 70.9 Å². The van der Waals surface area contributed by atoms with Gasteiger partial charge in [-0.3, -0.25) is 19.2 Å². The highest BCUT2D eigenvalue weighted by atomic mass is 16.5. The second-order valence-electron chi connectivity index (χ2n) is 9.43. The Morgan fingerprint density at radius 3 is 2.58 bits per heavy atom. The predicted octanol–water partition coefficient (Wildman–Crippen LogP) is 1.53. The van der Waals surface area contributed by atoms with Crippen LogP contribution in [0.15, 0.2) is 12.4 Å². The van der Waals surface area contributed by atoms with Crippen molar-refractivity contribution < 1.29 is 14.3 Å². The minimum absolute atomic E-state index is 0.150. The van der Waals surface area contributed by atoms with Crippen molar-refractivity contribution in [1.82, 2.24) is 24.5 Å². The molecule has 0 bridgehead atoms. The summed E-state index contributed by atoms with van der Waals surface area (Å²) in [4.78, 5) is 31.7. The van der Waals surface area contributed by atoms with Crippen LogP contribution in [0, 0.1) is 12.8 Å². The Bertz CT molecular complexity index is 756. The zero-order valence-electron chi connectivity index (χ0n) is 19.0. The maximum Gasteiger partial charge on any atom is 0.225 e. The van der Waals surface area contributed by atoms with Gasteiger partial charge in [0.15, 0.2) is 0 Å². The molecule has 1 unspecified atom stereocenters. The third kappa shape index (κ3) is 5.86. The van der Waals surface area contributed by atoms with E-state index in [2.05, 4.69) is 14.9 Å². The number of rotatable bonds is 9. The second-order valence-corrected chi connectivity index (χ2v) is 9.43. The van der Waals surface area contributed by atoms with Crippen LogP contribution in [0.3, 0.4) is 0 Å². The summed E-state index contributed by atoms with van der Waals surface area (Å²) in [6, 6.07) is 0.867. The van der Waals surface area contributed by atoms with E-state index in [1.807, 2.05) is 35.9 Å². The van der Waals surface area contributed by atoms with Gasteiger partial charge in [0.25, 0.3) is 0 Å². The first kappa shape index (κ1) is 22.3. The Hall–Kier alpha value is -1.93. The molecule has 1 aromatic heterocycles. The summed E-state index contributed by atoms with van der Waals surface area (Å²) < 4.78 is 7.42. The van der Waals surface area contributed by atoms with Gasteiger partial charge in [0, 0.05) is 83.6 Å². The molecular weight excluding hydrogens is 394 g/mol. The van der Waals surface area contributed by atoms with E-state index in [4.69, 9.17) is 4.74 Å². The summed E-state index contributed by atoms with van der Waals surface area (Å²) in [5, 5.41) is 4.27. The fourth-order valence-corrected chi connectivity index (χ4v) is 4.86. The first-order chi connectivity index (χ1) is 15.0. The SMILES string of the molecule is Cc1cnn(CCC(=O)N(C)CCN(C2CCOCC2)C2CCN(C(=O)C3CC3)C2)c1. The second kappa shape index (κ2) is 10.1. The molecule has 3 aliphatic rings. The Morgan fingerprint density at radius 2 is 1.90 bits per heavy atom. The van der Waals surface area contributed by atoms with Crippen molar-refractivity contribution in [3.8, 4) is 0 Å². The smallest absolute Gasteiger partial charge is 0.225 e. The maximum atomic E-state index is 12.6. The van der Waals surface area contributed by atoms with Crippen molar-refractivity contribution in [1.29, 1.82) is 0 Å². The molecule has 8 heteroatoms. The highest BCUT2D eigenvalue weighted by molar-refractivity contribution is 5.81. The molecular formula is C23H37N5O3. The highest BCUT2D eigenvalue weighted by Crippen LogP contribution is 2.33. The van der Waals surface area contributed by atoms with E-state index in [9.17, 15) is 9.59 Å². The van der Waals surface area contributed by atoms with Crippen molar-refractivity contribution in [3.63, 3.8) is 0 Å². The largest absolute Gasteiger partial charge is 0.381 e. The number of likely N-dealkylation sites (tertiary alicyclic amines) is 1. The summed E-state index contributed by atoms with van der Waals surface area (Å²) >= 11 is 0. The summed E-state index contributed by atoms with van der Waals surface area (Å²) in [5.74, 6) is 0.797. The van der Waals surface area contributed by atoms with Crippen LogP contribution in [-0.4, -0.2) is 94.8 Å². The normalized spacial score (nSPS) is 22.3. The van der Waals surface area contributed by atoms with Crippen LogP contribution in [0.25, 0.3) is 0 Å². The van der Waals surface area contributed by atoms with Crippen molar-refractivity contribution in [2.75, 3.05) is 46.4 Å². The summed E-state index contributed by atoms with van der Waals surface area (Å²) in [5.41, 5.74) is 1.11. The van der Waals surface area contributed by atoms with Crippen LogP contribution >= 0.6 is 0 Å². The minimum Gasteiger partial charge on any atom is -0.381 e. The standard InChI is InChI=1S/C23H37N5O3/c1-18-15-24-27(16-18)10-6-22(29)25(2)11-12-28(20-7-13-31-14-8-20)21-5-9-26(17-21)23(30)19-3-4-19/h15-16,19-21H,3-14,17H2,1-2H3. The summed E-state index contributed by atoms with van der Waals surface area (Å²) in [6.45, 7) is 7.49. The first-order valence-electron chi connectivity index (χ1n) is 11.9. The predicted molar refractivity (Wildman–Crippen MR) is 117 cm³/mol. The number of ether oxygens (including phenoxy) is 1. The van der Waals surface area contributed by atoms with Crippen LogP contribution in [0.4, 0.5) is 0 Å². The lowest BCUT2D eigenvalue weighted by Gasteiger charge is -2.39. The zero-order chi connectivity index (χ0) is 21.8. The van der Waals surface area contributed by atoms with Crippen molar-refractivity contribution in [2.45, 2.75) is 64.1 Å². The number of aromatic nitrogens is 2. The highest BCUT2D eigenvalue weighted by Gasteiger charge is 2.39. The summed E-state index contributed by atoms with van der Waals surface area (Å²) in [6.07, 6.45) is 9.47. The average molecular weight is 432 g/mol. The Morgan fingerprint density at radius 1 is 1.13 bits per heavy atom. The third-order valence-corrected chi connectivity index (χ3v) is 6.97. The number of hydrogen-bond donors (Lipinski definition) is 0. The van der Waals surface area contributed by atoms with Gasteiger partial charge in [0.2, 0.25) is 11.8 Å². The van der Waals surface area contributed by atoms with Crippen LogP contribution in [0.2, 0.25) is 0 Å². The molecule has 4 rings (SSSR count). The van der Waals surface area contributed by atoms with Crippen LogP contribution < -0.4 is 0 Å². The van der Waals surface area contributed by atoms with Gasteiger partial charge in [0.1, 0.15) is 0 Å². The van der Waals surface area contributed by atoms with Crippen molar-refractivity contribution in [2.24, 2.45) is 5.92 Å². The van der Waals surface area contributed by atoms with Gasteiger partial charge in [0.05, 0.1) is 6.20 Å². The van der Waals surface area contributed by atoms with E-state index in [1.54, 1.807) is 0 Å². The first-order valence-corrected chi connectivity index (χ1v) is 11.9. The van der Waals surface area contributed by atoms with E-state index < -0.39 is 0 Å². The molecule has 3 fully saturated rings. The van der Waals surface area contributed by atoms with E-state index in [0.717, 1.165) is 70.5 Å². The number of carbonyl (C=O) groups is 2. The number of amides is 2. The van der Waals surface area contributed by atoms with Crippen LogP contribution in [0.5, 0.6) is 0 Å². The zero-order valence-corrected chi connectivity index (χ0v) is 19.0. The van der Waals surface area contributed by atoms with E-state index >= 15 is 0 Å². The van der Waals surface area contributed by atoms with E-state index in [0.29, 0.717) is 37.5 Å². The molecule has 2 amide bonds. The molecule has 1 aliphatic carbocycles. The molecule has 2 aliphatic heterocycles. The number of carbonyl (C=O) groups excluding carboxylic acids is 2. The average Bonchev–Trinajstić information content (AvgIpc) is 3.38. The number of hydrogen-bond acceptors (Lipinski definition) is 5. The van der Waals surface area contributed by atoms with Gasteiger partial charge in [-0.25, -0.2) is 0 Å². The van der Waals surface area contributed by atoms with Gasteiger partial charge in [-0.05, 0) is 44.6 Å². The monoisotopic (exact) mass is 431 g/mol. The Balaban J connectivity index is 1.30.